The van der Waals surface area contributed by atoms with Crippen LogP contribution in [0.3, 0.4) is 0 Å². The van der Waals surface area contributed by atoms with Crippen LogP contribution in [-0.4, -0.2) is 18.8 Å². The van der Waals surface area contributed by atoms with E-state index in [0.29, 0.717) is 0 Å². The first-order valence-corrected chi connectivity index (χ1v) is 22.2. The van der Waals surface area contributed by atoms with Crippen LogP contribution in [0, 0.1) is 0 Å². The lowest BCUT2D eigenvalue weighted by molar-refractivity contribution is 1.43. The molecule has 56 heavy (non-hydrogen) atoms. The molecule has 0 nitrogen and oxygen atoms in total. The van der Waals surface area contributed by atoms with Crippen molar-refractivity contribution in [1.82, 2.24) is 0 Å². The third-order valence-electron chi connectivity index (χ3n) is 11.4. The molecule has 0 bridgehead atoms. The van der Waals surface area contributed by atoms with Crippen LogP contribution in [0.25, 0.3) is 98.7 Å². The van der Waals surface area contributed by atoms with E-state index >= 15 is 0 Å². The van der Waals surface area contributed by atoms with Crippen molar-refractivity contribution < 1.29 is 0 Å². The Hall–Kier alpha value is -6.41. The van der Waals surface area contributed by atoms with E-state index < -0.39 is 10.0 Å². The van der Waals surface area contributed by atoms with Gasteiger partial charge in [-0.3, -0.25) is 0 Å². The van der Waals surface area contributed by atoms with Crippen LogP contribution in [0.2, 0.25) is 0 Å². The van der Waals surface area contributed by atoms with Crippen molar-refractivity contribution in [2.24, 2.45) is 0 Å². The van der Waals surface area contributed by atoms with E-state index in [9.17, 15) is 0 Å². The van der Waals surface area contributed by atoms with Gasteiger partial charge in [-0.1, -0.05) is 170 Å². The molecule has 1 heteroatoms. The van der Waals surface area contributed by atoms with Crippen LogP contribution in [0.15, 0.2) is 205 Å². The van der Waals surface area contributed by atoms with Crippen LogP contribution >= 0.6 is 10.0 Å². The molecule has 0 saturated heterocycles. The smallest absolute Gasteiger partial charge is 0.00259 e. The minimum Gasteiger partial charge on any atom is -0.223 e. The van der Waals surface area contributed by atoms with Crippen molar-refractivity contribution in [3.05, 3.63) is 200 Å². The average Bonchev–Trinajstić information content (AvgIpc) is 3.24. The molecular weight excluding hydrogens is 693 g/mol. The van der Waals surface area contributed by atoms with Crippen LogP contribution in [0.4, 0.5) is 0 Å². The summed E-state index contributed by atoms with van der Waals surface area (Å²) in [6.45, 7) is 0. The summed E-state index contributed by atoms with van der Waals surface area (Å²) in [6, 6.07) is 74.4. The van der Waals surface area contributed by atoms with E-state index in [1.807, 2.05) is 0 Å². The molecule has 0 heterocycles. The largest absolute Gasteiger partial charge is 0.223 e. The molecule has 10 aromatic rings. The van der Waals surface area contributed by atoms with E-state index in [4.69, 9.17) is 0 Å². The molecule has 0 radical (unpaired) electrons. The summed E-state index contributed by atoms with van der Waals surface area (Å²) in [5.41, 5.74) is 12.5. The highest BCUT2D eigenvalue weighted by molar-refractivity contribution is 8.32. The molecule has 0 spiro atoms. The quantitative estimate of drug-likeness (QED) is 0.149. The first-order valence-electron chi connectivity index (χ1n) is 19.4. The fourth-order valence-electron chi connectivity index (χ4n) is 8.73. The Morgan fingerprint density at radius 3 is 1.59 bits per heavy atom. The van der Waals surface area contributed by atoms with Crippen LogP contribution in [-0.2, 0) is 0 Å². The van der Waals surface area contributed by atoms with Gasteiger partial charge in [-0.15, -0.1) is 0 Å². The van der Waals surface area contributed by atoms with E-state index in [1.165, 1.54) is 104 Å². The second-order valence-electron chi connectivity index (χ2n) is 15.6. The van der Waals surface area contributed by atoms with Crippen LogP contribution in [0.5, 0.6) is 0 Å². The molecule has 0 N–H and O–H groups in total. The van der Waals surface area contributed by atoms with Gasteiger partial charge in [-0.25, -0.2) is 10.0 Å². The molecule has 0 aliphatic rings. The summed E-state index contributed by atoms with van der Waals surface area (Å²) >= 11 is 0. The number of benzene rings is 10. The second-order valence-corrected chi connectivity index (χ2v) is 19.8. The minimum absolute atomic E-state index is 0.982. The summed E-state index contributed by atoms with van der Waals surface area (Å²) in [5.74, 6) is 0. The third-order valence-corrected chi connectivity index (χ3v) is 13.0. The maximum absolute atomic E-state index is 2.47. The second kappa shape index (κ2) is 13.7. The minimum atomic E-state index is -0.982. The maximum Gasteiger partial charge on any atom is -0.00259 e. The molecule has 0 aliphatic heterocycles. The van der Waals surface area contributed by atoms with Gasteiger partial charge in [0.05, 0.1) is 0 Å². The lowest BCUT2D eigenvalue weighted by Crippen LogP contribution is -1.97. The molecule has 0 aromatic heterocycles. The molecular formula is C55H42S. The zero-order chi connectivity index (χ0) is 37.8. The Morgan fingerprint density at radius 2 is 0.786 bits per heavy atom. The summed E-state index contributed by atoms with van der Waals surface area (Å²) in [4.78, 5) is 1.43. The van der Waals surface area contributed by atoms with Crippen LogP contribution in [0.1, 0.15) is 0 Å². The summed E-state index contributed by atoms with van der Waals surface area (Å²) in [5, 5.41) is 10.1. The lowest BCUT2D eigenvalue weighted by atomic mass is 9.83. The monoisotopic (exact) mass is 734 g/mol. The molecule has 10 rings (SSSR count). The van der Waals surface area contributed by atoms with E-state index in [1.54, 1.807) is 0 Å². The Morgan fingerprint density at radius 1 is 0.268 bits per heavy atom. The molecule has 268 valence electrons. The number of rotatable bonds is 6. The average molecular weight is 735 g/mol. The van der Waals surface area contributed by atoms with Crippen molar-refractivity contribution >= 4 is 53.1 Å². The Kier molecular flexibility index (Phi) is 8.35. The fourth-order valence-corrected chi connectivity index (χ4v) is 10.1. The molecule has 0 unspecified atom stereocenters. The highest BCUT2D eigenvalue weighted by atomic mass is 32.3. The topological polar surface area (TPSA) is 0 Å². The maximum atomic E-state index is 2.47. The molecule has 0 aliphatic carbocycles. The Labute approximate surface area is 331 Å². The van der Waals surface area contributed by atoms with Gasteiger partial charge in [0.1, 0.15) is 0 Å². The Bertz CT molecular complexity index is 3100. The standard InChI is InChI=1S/C55H42S/c1-56(2,3)53-26-12-11-24-48(53)44-30-32-49-52(36-44)55(45-22-13-21-43(34-45)47-25-14-20-38-16-9-10-23-46(38)47)50-31-29-42(35-51(50)54(49)39-17-5-4-6-18-39)41-28-27-37-15-7-8-19-40(37)33-41/h4-36H,1-3H3. The zero-order valence-electron chi connectivity index (χ0n) is 32.0. The first-order chi connectivity index (χ1) is 27.4. The molecule has 0 amide bonds. The van der Waals surface area contributed by atoms with E-state index in [2.05, 4.69) is 219 Å². The number of hydrogen-bond acceptors (Lipinski definition) is 0. The predicted octanol–water partition coefficient (Wildman–Crippen LogP) is 15.7. The summed E-state index contributed by atoms with van der Waals surface area (Å²) in [6.07, 6.45) is 7.18. The number of fused-ring (bicyclic) bond motifs is 4. The van der Waals surface area contributed by atoms with Gasteiger partial charge >= 0.3 is 0 Å². The molecule has 0 atom stereocenters. The number of hydrogen-bond donors (Lipinski definition) is 0. The zero-order valence-corrected chi connectivity index (χ0v) is 32.8. The van der Waals surface area contributed by atoms with Gasteiger partial charge in [0.25, 0.3) is 0 Å². The van der Waals surface area contributed by atoms with Crippen molar-refractivity contribution in [2.75, 3.05) is 18.8 Å². The van der Waals surface area contributed by atoms with Gasteiger partial charge in [-0.2, -0.15) is 0 Å². The van der Waals surface area contributed by atoms with Gasteiger partial charge in [0, 0.05) is 0 Å². The van der Waals surface area contributed by atoms with Gasteiger partial charge in [0.2, 0.25) is 0 Å². The van der Waals surface area contributed by atoms with E-state index in [0.717, 1.165) is 0 Å². The summed E-state index contributed by atoms with van der Waals surface area (Å²) in [7, 11) is -0.982. The van der Waals surface area contributed by atoms with Crippen molar-refractivity contribution in [2.45, 2.75) is 4.90 Å². The SMILES string of the molecule is CS(C)(C)c1ccccc1-c1ccc2c(-c3ccccc3)c3cc(-c4ccc5ccccc5c4)ccc3c(-c3cccc(-c4cccc5ccccc45)c3)c2c1. The van der Waals surface area contributed by atoms with Gasteiger partial charge < -0.3 is 0 Å². The fraction of sp³-hybridized carbons (Fsp3) is 0.0545. The summed E-state index contributed by atoms with van der Waals surface area (Å²) < 4.78 is 0. The molecule has 0 fully saturated rings. The third kappa shape index (κ3) is 5.97. The van der Waals surface area contributed by atoms with Crippen molar-refractivity contribution in [1.29, 1.82) is 0 Å². The van der Waals surface area contributed by atoms with Gasteiger partial charge in [0.15, 0.2) is 0 Å². The predicted molar refractivity (Wildman–Crippen MR) is 247 cm³/mol. The first kappa shape index (κ1) is 34.1. The highest BCUT2D eigenvalue weighted by Crippen LogP contribution is 2.51. The Balaban J connectivity index is 1.30. The van der Waals surface area contributed by atoms with Crippen LogP contribution < -0.4 is 0 Å². The van der Waals surface area contributed by atoms with E-state index in [-0.39, 0.29) is 0 Å². The lowest BCUT2D eigenvalue weighted by Gasteiger charge is -2.29. The molecule has 10 aromatic carbocycles. The normalized spacial score (nSPS) is 12.1. The van der Waals surface area contributed by atoms with Crippen molar-refractivity contribution in [3.8, 4) is 55.6 Å². The molecule has 0 saturated carbocycles. The van der Waals surface area contributed by atoms with Crippen molar-refractivity contribution in [3.63, 3.8) is 0 Å². The highest BCUT2D eigenvalue weighted by Gasteiger charge is 2.21. The van der Waals surface area contributed by atoms with Gasteiger partial charge in [-0.05, 0) is 153 Å².